The molecule has 0 atom stereocenters. The molecule has 0 unspecified atom stereocenters. The first-order chi connectivity index (χ1) is 13.2. The number of amides is 1. The number of ether oxygens (including phenoxy) is 1. The molecule has 1 aromatic heterocycles. The van der Waals surface area contributed by atoms with E-state index in [4.69, 9.17) is 4.74 Å². The number of likely N-dealkylation sites (tertiary alicyclic amines) is 1. The van der Waals surface area contributed by atoms with Crippen LogP contribution in [0.25, 0.3) is 11.0 Å². The summed E-state index contributed by atoms with van der Waals surface area (Å²) in [5.41, 5.74) is 3.45. The third-order valence-corrected chi connectivity index (χ3v) is 5.12. The van der Waals surface area contributed by atoms with E-state index in [1.807, 2.05) is 52.0 Å². The molecule has 4 rings (SSSR count). The molecule has 0 N–H and O–H groups in total. The molecule has 1 aliphatic heterocycles. The molecule has 0 spiro atoms. The third kappa shape index (κ3) is 3.79. The predicted molar refractivity (Wildman–Crippen MR) is 104 cm³/mol. The van der Waals surface area contributed by atoms with Crippen LogP contribution in [0.2, 0.25) is 0 Å². The highest BCUT2D eigenvalue weighted by Gasteiger charge is 2.18. The Morgan fingerprint density at radius 2 is 1.89 bits per heavy atom. The molecule has 140 valence electrons. The Bertz CT molecular complexity index is 942. The topological polar surface area (TPSA) is 60.2 Å². The molecule has 0 bridgehead atoms. The van der Waals surface area contributed by atoms with Crippen molar-refractivity contribution < 1.29 is 9.53 Å². The Morgan fingerprint density at radius 3 is 2.67 bits per heavy atom. The largest absolute Gasteiger partial charge is 0.497 e. The van der Waals surface area contributed by atoms with E-state index in [2.05, 4.69) is 10.3 Å². The minimum atomic E-state index is 0.0983. The van der Waals surface area contributed by atoms with E-state index >= 15 is 0 Å². The van der Waals surface area contributed by atoms with Gasteiger partial charge in [0.1, 0.15) is 11.3 Å². The first kappa shape index (κ1) is 17.5. The fourth-order valence-corrected chi connectivity index (χ4v) is 3.62. The van der Waals surface area contributed by atoms with Gasteiger partial charge in [-0.15, -0.1) is 5.10 Å². The molecule has 6 nitrogen and oxygen atoms in total. The maximum absolute atomic E-state index is 12.8. The van der Waals surface area contributed by atoms with Gasteiger partial charge in [-0.05, 0) is 48.7 Å². The Kier molecular flexibility index (Phi) is 5.05. The van der Waals surface area contributed by atoms with Gasteiger partial charge in [-0.25, -0.2) is 4.68 Å². The summed E-state index contributed by atoms with van der Waals surface area (Å²) < 4.78 is 7.13. The fraction of sp³-hybridized carbons (Fsp3) is 0.381. The lowest BCUT2D eigenvalue weighted by Gasteiger charge is -2.20. The zero-order chi connectivity index (χ0) is 18.6. The number of aromatic nitrogens is 3. The highest BCUT2D eigenvalue weighted by atomic mass is 16.5. The zero-order valence-corrected chi connectivity index (χ0v) is 15.6. The summed E-state index contributed by atoms with van der Waals surface area (Å²) in [7, 11) is 1.66. The molecule has 27 heavy (non-hydrogen) atoms. The Morgan fingerprint density at radius 1 is 1.07 bits per heavy atom. The SMILES string of the molecule is COc1cccc(Cn2nnc3cc(C(=O)N4CCCCCC4)ccc32)c1. The van der Waals surface area contributed by atoms with Crippen LogP contribution in [0, 0.1) is 0 Å². The van der Waals surface area contributed by atoms with Gasteiger partial charge in [0.15, 0.2) is 0 Å². The minimum Gasteiger partial charge on any atom is -0.497 e. The van der Waals surface area contributed by atoms with Crippen molar-refractivity contribution in [3.63, 3.8) is 0 Å². The number of fused-ring (bicyclic) bond motifs is 1. The first-order valence-electron chi connectivity index (χ1n) is 9.50. The summed E-state index contributed by atoms with van der Waals surface area (Å²) in [6.45, 7) is 2.30. The van der Waals surface area contributed by atoms with Crippen LogP contribution in [-0.2, 0) is 6.54 Å². The molecule has 0 radical (unpaired) electrons. The molecule has 0 saturated carbocycles. The smallest absolute Gasteiger partial charge is 0.253 e. The van der Waals surface area contributed by atoms with E-state index < -0.39 is 0 Å². The lowest BCUT2D eigenvalue weighted by atomic mass is 10.1. The van der Waals surface area contributed by atoms with Crippen LogP contribution < -0.4 is 4.74 Å². The number of nitrogens with zero attached hydrogens (tertiary/aromatic N) is 4. The van der Waals surface area contributed by atoms with Crippen LogP contribution >= 0.6 is 0 Å². The molecule has 1 fully saturated rings. The molecule has 1 saturated heterocycles. The van der Waals surface area contributed by atoms with Crippen LogP contribution in [0.15, 0.2) is 42.5 Å². The summed E-state index contributed by atoms with van der Waals surface area (Å²) in [4.78, 5) is 14.8. The molecular weight excluding hydrogens is 340 g/mol. The highest BCUT2D eigenvalue weighted by molar-refractivity contribution is 5.97. The van der Waals surface area contributed by atoms with E-state index in [0.29, 0.717) is 12.1 Å². The second-order valence-corrected chi connectivity index (χ2v) is 7.01. The summed E-state index contributed by atoms with van der Waals surface area (Å²) in [6.07, 6.45) is 4.60. The molecule has 0 aliphatic carbocycles. The van der Waals surface area contributed by atoms with Gasteiger partial charge in [0.05, 0.1) is 19.2 Å². The number of carbonyl (C=O) groups is 1. The number of rotatable bonds is 4. The molecular formula is C21H24N4O2. The predicted octanol–water partition coefficient (Wildman–Crippen LogP) is 3.50. The quantitative estimate of drug-likeness (QED) is 0.711. The van der Waals surface area contributed by atoms with Crippen LogP contribution in [0.5, 0.6) is 5.75 Å². The van der Waals surface area contributed by atoms with Gasteiger partial charge in [-0.2, -0.15) is 0 Å². The van der Waals surface area contributed by atoms with Crippen molar-refractivity contribution in [2.45, 2.75) is 32.2 Å². The van der Waals surface area contributed by atoms with Gasteiger partial charge in [-0.3, -0.25) is 4.79 Å². The second kappa shape index (κ2) is 7.78. The van der Waals surface area contributed by atoms with Gasteiger partial charge >= 0.3 is 0 Å². The number of carbonyl (C=O) groups excluding carboxylic acids is 1. The van der Waals surface area contributed by atoms with E-state index in [9.17, 15) is 4.79 Å². The molecule has 2 aromatic carbocycles. The molecule has 1 amide bonds. The highest BCUT2D eigenvalue weighted by Crippen LogP contribution is 2.19. The lowest BCUT2D eigenvalue weighted by Crippen LogP contribution is -2.31. The van der Waals surface area contributed by atoms with Gasteiger partial charge < -0.3 is 9.64 Å². The number of methoxy groups -OCH3 is 1. The maximum atomic E-state index is 12.8. The van der Waals surface area contributed by atoms with E-state index in [-0.39, 0.29) is 5.91 Å². The molecule has 2 heterocycles. The first-order valence-corrected chi connectivity index (χ1v) is 9.50. The molecule has 6 heteroatoms. The Balaban J connectivity index is 1.56. The van der Waals surface area contributed by atoms with Gasteiger partial charge in [0.2, 0.25) is 0 Å². The van der Waals surface area contributed by atoms with Crippen LogP contribution in [-0.4, -0.2) is 46.0 Å². The zero-order valence-electron chi connectivity index (χ0n) is 15.6. The number of hydrogen-bond acceptors (Lipinski definition) is 4. The van der Waals surface area contributed by atoms with Crippen molar-refractivity contribution in [2.24, 2.45) is 0 Å². The Hall–Kier alpha value is -2.89. The monoisotopic (exact) mass is 364 g/mol. The average Bonchev–Trinajstić information content (AvgIpc) is 2.92. The fourth-order valence-electron chi connectivity index (χ4n) is 3.62. The van der Waals surface area contributed by atoms with Crippen molar-refractivity contribution in [1.82, 2.24) is 19.9 Å². The minimum absolute atomic E-state index is 0.0983. The van der Waals surface area contributed by atoms with Gasteiger partial charge in [0, 0.05) is 18.7 Å². The van der Waals surface area contributed by atoms with Crippen molar-refractivity contribution in [3.05, 3.63) is 53.6 Å². The van der Waals surface area contributed by atoms with Gasteiger partial charge in [0.25, 0.3) is 5.91 Å². The van der Waals surface area contributed by atoms with Crippen molar-refractivity contribution in [2.75, 3.05) is 20.2 Å². The lowest BCUT2D eigenvalue weighted by molar-refractivity contribution is 0.0762. The number of benzene rings is 2. The molecule has 3 aromatic rings. The van der Waals surface area contributed by atoms with E-state index in [0.717, 1.165) is 48.3 Å². The van der Waals surface area contributed by atoms with Gasteiger partial charge in [-0.1, -0.05) is 30.2 Å². The summed E-state index contributed by atoms with van der Waals surface area (Å²) >= 11 is 0. The number of hydrogen-bond donors (Lipinski definition) is 0. The summed E-state index contributed by atoms with van der Waals surface area (Å²) in [6, 6.07) is 13.6. The van der Waals surface area contributed by atoms with E-state index in [1.165, 1.54) is 12.8 Å². The molecule has 1 aliphatic rings. The van der Waals surface area contributed by atoms with E-state index in [1.54, 1.807) is 7.11 Å². The standard InChI is InChI=1S/C21H24N4O2/c1-27-18-8-6-7-16(13-18)15-25-20-10-9-17(14-19(20)22-23-25)21(26)24-11-4-2-3-5-12-24/h6-10,13-14H,2-5,11-12,15H2,1H3. The Labute approximate surface area is 158 Å². The van der Waals surface area contributed by atoms with Crippen LogP contribution in [0.4, 0.5) is 0 Å². The van der Waals surface area contributed by atoms with Crippen LogP contribution in [0.3, 0.4) is 0 Å². The summed E-state index contributed by atoms with van der Waals surface area (Å²) in [5.74, 6) is 0.920. The average molecular weight is 364 g/mol. The normalized spacial score (nSPS) is 14.9. The summed E-state index contributed by atoms with van der Waals surface area (Å²) in [5, 5.41) is 8.55. The van der Waals surface area contributed by atoms with Crippen molar-refractivity contribution in [1.29, 1.82) is 0 Å². The second-order valence-electron chi connectivity index (χ2n) is 7.01. The third-order valence-electron chi connectivity index (χ3n) is 5.12. The van der Waals surface area contributed by atoms with Crippen LogP contribution in [0.1, 0.15) is 41.6 Å². The van der Waals surface area contributed by atoms with Crippen molar-refractivity contribution in [3.8, 4) is 5.75 Å². The van der Waals surface area contributed by atoms with Crippen molar-refractivity contribution >= 4 is 16.9 Å². The maximum Gasteiger partial charge on any atom is 0.253 e.